The number of hydrogen-bond donors (Lipinski definition) is 1. The zero-order valence-corrected chi connectivity index (χ0v) is 17.8. The Morgan fingerprint density at radius 2 is 1.41 bits per heavy atom. The first kappa shape index (κ1) is 20.2. The molecule has 0 fully saturated rings. The number of nitrogens with zero attached hydrogens (tertiary/aromatic N) is 2. The summed E-state index contributed by atoms with van der Waals surface area (Å²) < 4.78 is 0. The van der Waals surface area contributed by atoms with Crippen LogP contribution in [0.2, 0.25) is 5.02 Å². The molecule has 1 aliphatic heterocycles. The zero-order valence-electron chi connectivity index (χ0n) is 17.1. The SMILES string of the molecule is CN(C)CCCC1(CCCN(C)C)c2ccccc2Nc2ccc(Cl)cc21. The van der Waals surface area contributed by atoms with E-state index in [4.69, 9.17) is 11.6 Å². The molecule has 146 valence electrons. The first-order chi connectivity index (χ1) is 12.9. The van der Waals surface area contributed by atoms with Crippen molar-refractivity contribution in [2.24, 2.45) is 0 Å². The van der Waals surface area contributed by atoms with Gasteiger partial charge in [0, 0.05) is 21.8 Å². The highest BCUT2D eigenvalue weighted by molar-refractivity contribution is 6.30. The molecular formula is C23H32ClN3. The highest BCUT2D eigenvalue weighted by atomic mass is 35.5. The lowest BCUT2D eigenvalue weighted by Crippen LogP contribution is -2.34. The maximum absolute atomic E-state index is 6.46. The molecule has 0 bridgehead atoms. The monoisotopic (exact) mass is 385 g/mol. The fourth-order valence-corrected chi connectivity index (χ4v) is 4.55. The molecule has 1 heterocycles. The van der Waals surface area contributed by atoms with Gasteiger partial charge >= 0.3 is 0 Å². The second kappa shape index (κ2) is 8.64. The molecule has 2 aromatic carbocycles. The summed E-state index contributed by atoms with van der Waals surface area (Å²) in [5.41, 5.74) is 5.21. The third-order valence-electron chi connectivity index (χ3n) is 5.63. The lowest BCUT2D eigenvalue weighted by atomic mass is 9.65. The van der Waals surface area contributed by atoms with Crippen LogP contribution in [-0.4, -0.2) is 51.1 Å². The van der Waals surface area contributed by atoms with E-state index in [2.05, 4.69) is 79.7 Å². The molecule has 0 radical (unpaired) electrons. The summed E-state index contributed by atoms with van der Waals surface area (Å²) in [6.45, 7) is 2.20. The minimum absolute atomic E-state index is 0.00803. The van der Waals surface area contributed by atoms with Crippen molar-refractivity contribution < 1.29 is 0 Å². The van der Waals surface area contributed by atoms with Crippen LogP contribution in [0.25, 0.3) is 0 Å². The van der Waals surface area contributed by atoms with Crippen LogP contribution in [0, 0.1) is 0 Å². The molecule has 0 aromatic heterocycles. The summed E-state index contributed by atoms with van der Waals surface area (Å²) in [7, 11) is 8.61. The Hall–Kier alpha value is -1.55. The molecule has 0 atom stereocenters. The molecule has 0 unspecified atom stereocenters. The highest BCUT2D eigenvalue weighted by Gasteiger charge is 2.40. The van der Waals surface area contributed by atoms with E-state index in [0.717, 1.165) is 43.8 Å². The van der Waals surface area contributed by atoms with E-state index in [1.54, 1.807) is 0 Å². The van der Waals surface area contributed by atoms with E-state index in [-0.39, 0.29) is 5.41 Å². The summed E-state index contributed by atoms with van der Waals surface area (Å²) in [6, 6.07) is 15.1. The van der Waals surface area contributed by atoms with Gasteiger partial charge in [-0.2, -0.15) is 0 Å². The quantitative estimate of drug-likeness (QED) is 0.659. The number of fused-ring (bicyclic) bond motifs is 2. The van der Waals surface area contributed by atoms with Crippen molar-refractivity contribution in [2.75, 3.05) is 46.6 Å². The standard InChI is InChI=1S/C23H32ClN3/c1-26(2)15-7-13-23(14-8-16-27(3)4)19-9-5-6-10-21(19)25-22-12-11-18(24)17-20(22)23/h5-6,9-12,17,25H,7-8,13-16H2,1-4H3. The van der Waals surface area contributed by atoms with Crippen LogP contribution in [0.15, 0.2) is 42.5 Å². The lowest BCUT2D eigenvalue weighted by molar-refractivity contribution is 0.324. The average Bonchev–Trinajstić information content (AvgIpc) is 2.62. The predicted molar refractivity (Wildman–Crippen MR) is 118 cm³/mol. The second-order valence-electron chi connectivity index (χ2n) is 8.26. The van der Waals surface area contributed by atoms with Gasteiger partial charge in [-0.1, -0.05) is 29.8 Å². The van der Waals surface area contributed by atoms with Gasteiger partial charge < -0.3 is 15.1 Å². The molecule has 0 saturated carbocycles. The first-order valence-electron chi connectivity index (χ1n) is 9.88. The van der Waals surface area contributed by atoms with Crippen LogP contribution < -0.4 is 5.32 Å². The topological polar surface area (TPSA) is 18.5 Å². The minimum Gasteiger partial charge on any atom is -0.355 e. The smallest absolute Gasteiger partial charge is 0.0427 e. The van der Waals surface area contributed by atoms with E-state index in [0.29, 0.717) is 0 Å². The Labute approximate surface area is 169 Å². The molecule has 0 saturated heterocycles. The van der Waals surface area contributed by atoms with Gasteiger partial charge in [0.15, 0.2) is 0 Å². The van der Waals surface area contributed by atoms with E-state index in [1.165, 1.54) is 22.5 Å². The van der Waals surface area contributed by atoms with E-state index in [1.807, 2.05) is 6.07 Å². The minimum atomic E-state index is 0.00803. The van der Waals surface area contributed by atoms with Gasteiger partial charge in [-0.05, 0) is 102 Å². The number of rotatable bonds is 8. The van der Waals surface area contributed by atoms with Gasteiger partial charge in [0.05, 0.1) is 0 Å². The molecule has 0 spiro atoms. The highest BCUT2D eigenvalue weighted by Crippen LogP contribution is 2.51. The predicted octanol–water partition coefficient (Wildman–Crippen LogP) is 5.37. The number of anilines is 2. The third-order valence-corrected chi connectivity index (χ3v) is 5.86. The average molecular weight is 386 g/mol. The van der Waals surface area contributed by atoms with Crippen molar-refractivity contribution in [1.29, 1.82) is 0 Å². The molecule has 4 heteroatoms. The summed E-state index contributed by atoms with van der Waals surface area (Å²) in [5, 5.41) is 4.46. The van der Waals surface area contributed by atoms with E-state index in [9.17, 15) is 0 Å². The van der Waals surface area contributed by atoms with Gasteiger partial charge in [0.1, 0.15) is 0 Å². The number of benzene rings is 2. The van der Waals surface area contributed by atoms with Crippen LogP contribution in [0.5, 0.6) is 0 Å². The summed E-state index contributed by atoms with van der Waals surface area (Å²) >= 11 is 6.46. The molecule has 0 amide bonds. The first-order valence-corrected chi connectivity index (χ1v) is 10.3. The summed E-state index contributed by atoms with van der Waals surface area (Å²) in [4.78, 5) is 4.55. The third kappa shape index (κ3) is 4.48. The summed E-state index contributed by atoms with van der Waals surface area (Å²) in [6.07, 6.45) is 4.58. The van der Waals surface area contributed by atoms with E-state index < -0.39 is 0 Å². The fraction of sp³-hybridized carbons (Fsp3) is 0.478. The fourth-order valence-electron chi connectivity index (χ4n) is 4.38. The molecule has 2 aromatic rings. The molecule has 27 heavy (non-hydrogen) atoms. The van der Waals surface area contributed by atoms with Gasteiger partial charge in [0.2, 0.25) is 0 Å². The van der Waals surface area contributed by atoms with Crippen LogP contribution >= 0.6 is 11.6 Å². The van der Waals surface area contributed by atoms with Crippen LogP contribution in [-0.2, 0) is 5.41 Å². The number of halogens is 1. The van der Waals surface area contributed by atoms with Crippen molar-refractivity contribution in [3.63, 3.8) is 0 Å². The van der Waals surface area contributed by atoms with Crippen molar-refractivity contribution >= 4 is 23.0 Å². The van der Waals surface area contributed by atoms with Gasteiger partial charge in [-0.3, -0.25) is 0 Å². The van der Waals surface area contributed by atoms with Crippen molar-refractivity contribution in [3.8, 4) is 0 Å². The maximum Gasteiger partial charge on any atom is 0.0427 e. The molecule has 1 N–H and O–H groups in total. The van der Waals surface area contributed by atoms with Gasteiger partial charge in [0.25, 0.3) is 0 Å². The van der Waals surface area contributed by atoms with Gasteiger partial charge in [-0.15, -0.1) is 0 Å². The second-order valence-corrected chi connectivity index (χ2v) is 8.69. The van der Waals surface area contributed by atoms with Crippen LogP contribution in [0.3, 0.4) is 0 Å². The van der Waals surface area contributed by atoms with Crippen LogP contribution in [0.1, 0.15) is 36.8 Å². The normalized spacial score (nSPS) is 14.8. The molecule has 0 aliphatic carbocycles. The molecule has 3 nitrogen and oxygen atoms in total. The number of hydrogen-bond acceptors (Lipinski definition) is 3. The summed E-state index contributed by atoms with van der Waals surface area (Å²) in [5.74, 6) is 0. The zero-order chi connectivity index (χ0) is 19.4. The Balaban J connectivity index is 2.06. The lowest BCUT2D eigenvalue weighted by Gasteiger charge is -2.42. The van der Waals surface area contributed by atoms with Crippen molar-refractivity contribution in [3.05, 3.63) is 58.6 Å². The van der Waals surface area contributed by atoms with Crippen LogP contribution in [0.4, 0.5) is 11.4 Å². The van der Waals surface area contributed by atoms with Crippen molar-refractivity contribution in [2.45, 2.75) is 31.1 Å². The van der Waals surface area contributed by atoms with E-state index >= 15 is 0 Å². The van der Waals surface area contributed by atoms with Crippen molar-refractivity contribution in [1.82, 2.24) is 9.80 Å². The largest absolute Gasteiger partial charge is 0.355 e. The molecule has 3 rings (SSSR count). The number of para-hydroxylation sites is 1. The Kier molecular flexibility index (Phi) is 6.46. The molecular weight excluding hydrogens is 354 g/mol. The molecule has 1 aliphatic rings. The number of nitrogens with one attached hydrogen (secondary N) is 1. The Morgan fingerprint density at radius 3 is 2.04 bits per heavy atom. The maximum atomic E-state index is 6.46. The Morgan fingerprint density at radius 1 is 0.815 bits per heavy atom. The Bertz CT molecular complexity index is 756. The van der Waals surface area contributed by atoms with Gasteiger partial charge in [-0.25, -0.2) is 0 Å².